The van der Waals surface area contributed by atoms with Crippen LogP contribution in [0.2, 0.25) is 0 Å². The molecule has 0 saturated carbocycles. The van der Waals surface area contributed by atoms with Crippen LogP contribution < -0.4 is 5.73 Å². The van der Waals surface area contributed by atoms with Crippen LogP contribution in [0.25, 0.3) is 0 Å². The van der Waals surface area contributed by atoms with Gasteiger partial charge in [-0.25, -0.2) is 4.39 Å². The van der Waals surface area contributed by atoms with Gasteiger partial charge in [0.05, 0.1) is 6.61 Å². The fourth-order valence-corrected chi connectivity index (χ4v) is 2.33. The fraction of sp³-hybridized carbons (Fsp3) is 0.278. The van der Waals surface area contributed by atoms with Crippen LogP contribution in [-0.2, 0) is 22.6 Å². The van der Waals surface area contributed by atoms with Crippen molar-refractivity contribution in [3.8, 4) is 0 Å². The zero-order chi connectivity index (χ0) is 16.7. The normalized spacial score (nSPS) is 11.5. The van der Waals surface area contributed by atoms with Gasteiger partial charge in [0.15, 0.2) is 0 Å². The monoisotopic (exact) mass is 352 g/mol. The molecule has 0 aliphatic heterocycles. The van der Waals surface area contributed by atoms with Gasteiger partial charge in [0, 0.05) is 25.8 Å². The van der Waals surface area contributed by atoms with Crippen LogP contribution in [0.1, 0.15) is 11.1 Å². The molecule has 2 aromatic carbocycles. The summed E-state index contributed by atoms with van der Waals surface area (Å²) in [5.74, 6) is -0.599. The smallest absolute Gasteiger partial charge is 0.242 e. The van der Waals surface area contributed by atoms with Crippen molar-refractivity contribution in [1.29, 1.82) is 0 Å². The zero-order valence-electron chi connectivity index (χ0n) is 13.5. The Morgan fingerprint density at radius 1 is 1.12 bits per heavy atom. The Morgan fingerprint density at radius 3 is 2.38 bits per heavy atom. The molecule has 0 aliphatic rings. The number of halogens is 2. The molecule has 0 spiro atoms. The highest BCUT2D eigenvalue weighted by atomic mass is 35.5. The second-order valence-electron chi connectivity index (χ2n) is 5.33. The Bertz CT molecular complexity index is 640. The van der Waals surface area contributed by atoms with E-state index in [0.717, 1.165) is 5.56 Å². The minimum Gasteiger partial charge on any atom is -0.383 e. The van der Waals surface area contributed by atoms with Gasteiger partial charge in [-0.2, -0.15) is 0 Å². The van der Waals surface area contributed by atoms with E-state index in [1.807, 2.05) is 30.3 Å². The average molecular weight is 353 g/mol. The first-order chi connectivity index (χ1) is 11.1. The predicted molar refractivity (Wildman–Crippen MR) is 94.2 cm³/mol. The number of hydrogen-bond acceptors (Lipinski definition) is 3. The van der Waals surface area contributed by atoms with Gasteiger partial charge in [0.2, 0.25) is 5.91 Å². The molecule has 24 heavy (non-hydrogen) atoms. The van der Waals surface area contributed by atoms with E-state index in [1.165, 1.54) is 13.2 Å². The van der Waals surface area contributed by atoms with Gasteiger partial charge in [-0.3, -0.25) is 4.79 Å². The molecule has 4 nitrogen and oxygen atoms in total. The van der Waals surface area contributed by atoms with Gasteiger partial charge < -0.3 is 15.4 Å². The van der Waals surface area contributed by atoms with Crippen molar-refractivity contribution in [2.75, 3.05) is 13.7 Å². The van der Waals surface area contributed by atoms with Gasteiger partial charge >= 0.3 is 0 Å². The highest BCUT2D eigenvalue weighted by Crippen LogP contribution is 2.14. The highest BCUT2D eigenvalue weighted by Gasteiger charge is 2.22. The minimum atomic E-state index is -0.768. The SMILES string of the molecule is COCC(N)C(=O)N(Cc1ccccc1)Cc1ccccc1F.Cl. The second-order valence-corrected chi connectivity index (χ2v) is 5.33. The number of hydrogen-bond donors (Lipinski definition) is 1. The van der Waals surface area contributed by atoms with E-state index in [0.29, 0.717) is 12.1 Å². The average Bonchev–Trinajstić information content (AvgIpc) is 2.56. The third-order valence-corrected chi connectivity index (χ3v) is 3.51. The van der Waals surface area contributed by atoms with E-state index in [1.54, 1.807) is 23.1 Å². The molecule has 0 aromatic heterocycles. The molecule has 0 heterocycles. The van der Waals surface area contributed by atoms with E-state index >= 15 is 0 Å². The highest BCUT2D eigenvalue weighted by molar-refractivity contribution is 5.85. The topological polar surface area (TPSA) is 55.6 Å². The quantitative estimate of drug-likeness (QED) is 0.833. The molecule has 1 amide bonds. The maximum absolute atomic E-state index is 13.9. The maximum Gasteiger partial charge on any atom is 0.242 e. The standard InChI is InChI=1S/C18H21FN2O2.ClH/c1-23-13-17(20)18(22)21(11-14-7-3-2-4-8-14)12-15-9-5-6-10-16(15)19;/h2-10,17H,11-13,20H2,1H3;1H. The maximum atomic E-state index is 13.9. The number of rotatable bonds is 7. The van der Waals surface area contributed by atoms with Crippen LogP contribution in [-0.4, -0.2) is 30.6 Å². The number of amides is 1. The van der Waals surface area contributed by atoms with Crippen molar-refractivity contribution in [1.82, 2.24) is 4.90 Å². The molecule has 0 bridgehead atoms. The molecule has 1 atom stereocenters. The zero-order valence-corrected chi connectivity index (χ0v) is 14.3. The first kappa shape index (κ1) is 20.1. The lowest BCUT2D eigenvalue weighted by molar-refractivity contribution is -0.135. The summed E-state index contributed by atoms with van der Waals surface area (Å²) in [6.45, 7) is 0.657. The lowest BCUT2D eigenvalue weighted by Crippen LogP contribution is -2.45. The molecular formula is C18H22ClFN2O2. The van der Waals surface area contributed by atoms with Crippen LogP contribution in [0, 0.1) is 5.82 Å². The molecule has 2 rings (SSSR count). The van der Waals surface area contributed by atoms with Crippen LogP contribution in [0.15, 0.2) is 54.6 Å². The molecule has 0 fully saturated rings. The number of benzene rings is 2. The van der Waals surface area contributed by atoms with Crippen LogP contribution in [0.5, 0.6) is 0 Å². The van der Waals surface area contributed by atoms with Gasteiger partial charge in [-0.1, -0.05) is 48.5 Å². The van der Waals surface area contributed by atoms with Gasteiger partial charge in [0.25, 0.3) is 0 Å². The predicted octanol–water partition coefficient (Wildman–Crippen LogP) is 2.75. The van der Waals surface area contributed by atoms with E-state index in [9.17, 15) is 9.18 Å². The van der Waals surface area contributed by atoms with Crippen molar-refractivity contribution in [3.63, 3.8) is 0 Å². The first-order valence-corrected chi connectivity index (χ1v) is 7.42. The molecule has 2 aromatic rings. The number of nitrogens with zero attached hydrogens (tertiary/aromatic N) is 1. The Kier molecular flexibility index (Phi) is 8.40. The summed E-state index contributed by atoms with van der Waals surface area (Å²) in [7, 11) is 1.49. The van der Waals surface area contributed by atoms with E-state index in [-0.39, 0.29) is 37.3 Å². The third kappa shape index (κ3) is 5.60. The third-order valence-electron chi connectivity index (χ3n) is 3.51. The summed E-state index contributed by atoms with van der Waals surface area (Å²) in [6.07, 6.45) is 0. The van der Waals surface area contributed by atoms with Crippen LogP contribution in [0.4, 0.5) is 4.39 Å². The Balaban J connectivity index is 0.00000288. The lowest BCUT2D eigenvalue weighted by Gasteiger charge is -2.26. The number of methoxy groups -OCH3 is 1. The number of ether oxygens (including phenoxy) is 1. The Hall–Kier alpha value is -1.95. The van der Waals surface area contributed by atoms with Gasteiger partial charge in [0.1, 0.15) is 11.9 Å². The number of carbonyl (C=O) groups excluding carboxylic acids is 1. The number of carbonyl (C=O) groups is 1. The molecule has 6 heteroatoms. The minimum absolute atomic E-state index is 0. The molecule has 1 unspecified atom stereocenters. The fourth-order valence-electron chi connectivity index (χ4n) is 2.33. The van der Waals surface area contributed by atoms with Crippen molar-refractivity contribution in [2.45, 2.75) is 19.1 Å². The first-order valence-electron chi connectivity index (χ1n) is 7.42. The summed E-state index contributed by atoms with van der Waals surface area (Å²) >= 11 is 0. The van der Waals surface area contributed by atoms with Crippen LogP contribution in [0.3, 0.4) is 0 Å². The summed E-state index contributed by atoms with van der Waals surface area (Å²) in [4.78, 5) is 14.1. The molecule has 0 saturated heterocycles. The van der Waals surface area contributed by atoms with Crippen molar-refractivity contribution in [3.05, 3.63) is 71.5 Å². The van der Waals surface area contributed by atoms with E-state index < -0.39 is 6.04 Å². The second kappa shape index (κ2) is 10.0. The largest absolute Gasteiger partial charge is 0.383 e. The molecule has 0 aliphatic carbocycles. The summed E-state index contributed by atoms with van der Waals surface area (Å²) < 4.78 is 18.9. The van der Waals surface area contributed by atoms with Crippen molar-refractivity contribution in [2.24, 2.45) is 5.73 Å². The van der Waals surface area contributed by atoms with Crippen molar-refractivity contribution < 1.29 is 13.9 Å². The lowest BCUT2D eigenvalue weighted by atomic mass is 10.1. The molecule has 2 N–H and O–H groups in total. The van der Waals surface area contributed by atoms with E-state index in [2.05, 4.69) is 0 Å². The summed E-state index contributed by atoms with van der Waals surface area (Å²) in [6, 6.07) is 15.2. The van der Waals surface area contributed by atoms with E-state index in [4.69, 9.17) is 10.5 Å². The molecule has 130 valence electrons. The van der Waals surface area contributed by atoms with Crippen LogP contribution >= 0.6 is 12.4 Å². The van der Waals surface area contributed by atoms with Gasteiger partial charge in [-0.05, 0) is 11.6 Å². The molecule has 0 radical (unpaired) electrons. The molecular weight excluding hydrogens is 331 g/mol. The van der Waals surface area contributed by atoms with Gasteiger partial charge in [-0.15, -0.1) is 12.4 Å². The summed E-state index contributed by atoms with van der Waals surface area (Å²) in [5.41, 5.74) is 7.28. The van der Waals surface area contributed by atoms with Crippen molar-refractivity contribution >= 4 is 18.3 Å². The number of nitrogens with two attached hydrogens (primary N) is 1. The Labute approximate surface area is 147 Å². The Morgan fingerprint density at radius 2 is 1.75 bits per heavy atom. The summed E-state index contributed by atoms with van der Waals surface area (Å²) in [5, 5.41) is 0.